The summed E-state index contributed by atoms with van der Waals surface area (Å²) >= 11 is 5.74. The third-order valence-electron chi connectivity index (χ3n) is 7.93. The summed E-state index contributed by atoms with van der Waals surface area (Å²) in [6.45, 7) is 21.2. The predicted octanol–water partition coefficient (Wildman–Crippen LogP) is 11.5. The Morgan fingerprint density at radius 2 is 1.54 bits per heavy atom. The third-order valence-corrected chi connectivity index (χ3v) is 11.2. The summed E-state index contributed by atoms with van der Waals surface area (Å²) in [5.41, 5.74) is 9.00. The molecule has 2 aromatic carbocycles. The smallest absolute Gasteiger partial charge is 0.123 e. The summed E-state index contributed by atoms with van der Waals surface area (Å²) in [7, 11) is 0. The van der Waals surface area contributed by atoms with E-state index in [1.165, 1.54) is 58.6 Å². The van der Waals surface area contributed by atoms with Crippen LogP contribution in [0, 0.1) is 0 Å². The molecule has 0 amide bonds. The van der Waals surface area contributed by atoms with Gasteiger partial charge in [0.2, 0.25) is 0 Å². The molecule has 202 valence electrons. The van der Waals surface area contributed by atoms with Gasteiger partial charge in [-0.3, -0.25) is 0 Å². The third kappa shape index (κ3) is 4.67. The Kier molecular flexibility index (Phi) is 6.37. The second-order valence-electron chi connectivity index (χ2n) is 14.1. The Morgan fingerprint density at radius 1 is 0.795 bits per heavy atom. The van der Waals surface area contributed by atoms with E-state index in [2.05, 4.69) is 116 Å². The van der Waals surface area contributed by atoms with E-state index in [1.54, 1.807) is 11.3 Å². The molecule has 1 aliphatic heterocycles. The van der Waals surface area contributed by atoms with Gasteiger partial charge in [-0.2, -0.15) is 0 Å². The molecule has 1 aliphatic rings. The zero-order valence-corrected chi connectivity index (χ0v) is 27.1. The fraction of sp³-hybridized carbons (Fsp3) is 0.400. The highest BCUT2D eigenvalue weighted by Crippen LogP contribution is 2.54. The van der Waals surface area contributed by atoms with Crippen LogP contribution in [0.4, 0.5) is 0 Å². The molecule has 4 heterocycles. The first kappa shape index (κ1) is 27.1. The molecule has 5 aromatic rings. The maximum Gasteiger partial charge on any atom is 0.123 e. The minimum atomic E-state index is 0.0432. The van der Waals surface area contributed by atoms with Crippen molar-refractivity contribution in [3.05, 3.63) is 81.9 Å². The number of thiophene rings is 2. The lowest BCUT2D eigenvalue weighted by molar-refractivity contribution is 0.578. The second kappa shape index (κ2) is 9.19. The van der Waals surface area contributed by atoms with Crippen molar-refractivity contribution in [1.29, 1.82) is 0 Å². The summed E-state index contributed by atoms with van der Waals surface area (Å²) in [6, 6.07) is 16.4. The van der Waals surface area contributed by atoms with Crippen molar-refractivity contribution < 1.29 is 0 Å². The Bertz CT molecular complexity index is 1710. The zero-order valence-electron chi connectivity index (χ0n) is 24.7. The molecule has 0 aliphatic carbocycles. The average molecular weight is 570 g/mol. The minimum Gasteiger partial charge on any atom is -0.245 e. The van der Waals surface area contributed by atoms with Crippen LogP contribution in [-0.2, 0) is 22.7 Å². The van der Waals surface area contributed by atoms with Gasteiger partial charge in [-0.15, -0.1) is 34.4 Å². The van der Waals surface area contributed by atoms with Crippen molar-refractivity contribution >= 4 is 54.7 Å². The molecule has 0 fully saturated rings. The highest BCUT2D eigenvalue weighted by molar-refractivity contribution is 7.99. The molecule has 0 radical (unpaired) electrons. The number of rotatable bonds is 2. The number of aromatic nitrogens is 1. The first-order chi connectivity index (χ1) is 18.2. The van der Waals surface area contributed by atoms with Crippen LogP contribution in [0.1, 0.15) is 95.4 Å². The number of benzene rings is 2. The van der Waals surface area contributed by atoms with Crippen LogP contribution in [0.25, 0.3) is 30.7 Å². The SMILES string of the molecule is CC(C)(C)c1c(-c2cc3c(C(C)(C)C)cccc3s2)ccc2c1CC(c1cnc3sccc3c1C(C)(C)C)S2. The quantitative estimate of drug-likeness (QED) is 0.210. The molecule has 1 atom stereocenters. The summed E-state index contributed by atoms with van der Waals surface area (Å²) in [5, 5.41) is 5.31. The number of fused-ring (bicyclic) bond motifs is 3. The minimum absolute atomic E-state index is 0.0432. The van der Waals surface area contributed by atoms with E-state index in [-0.39, 0.29) is 16.2 Å². The number of hydrogen-bond acceptors (Lipinski definition) is 4. The van der Waals surface area contributed by atoms with Crippen LogP contribution in [-0.4, -0.2) is 4.98 Å². The van der Waals surface area contributed by atoms with Crippen molar-refractivity contribution in [2.75, 3.05) is 0 Å². The van der Waals surface area contributed by atoms with Crippen molar-refractivity contribution in [3.63, 3.8) is 0 Å². The highest BCUT2D eigenvalue weighted by atomic mass is 32.2. The average Bonchev–Trinajstić information content (AvgIpc) is 3.57. The lowest BCUT2D eigenvalue weighted by Gasteiger charge is -2.27. The van der Waals surface area contributed by atoms with E-state index in [4.69, 9.17) is 4.98 Å². The summed E-state index contributed by atoms with van der Waals surface area (Å²) in [4.78, 5) is 8.90. The van der Waals surface area contributed by atoms with Gasteiger partial charge in [0.25, 0.3) is 0 Å². The molecule has 39 heavy (non-hydrogen) atoms. The molecular weight excluding hydrogens is 531 g/mol. The molecule has 6 rings (SSSR count). The van der Waals surface area contributed by atoms with Gasteiger partial charge in [0, 0.05) is 31.3 Å². The first-order valence-corrected chi connectivity index (χ1v) is 16.5. The van der Waals surface area contributed by atoms with Crippen LogP contribution in [0.2, 0.25) is 0 Å². The number of hydrogen-bond donors (Lipinski definition) is 0. The normalized spacial score (nSPS) is 16.4. The molecule has 3 aromatic heterocycles. The lowest BCUT2D eigenvalue weighted by Crippen LogP contribution is -2.17. The largest absolute Gasteiger partial charge is 0.245 e. The van der Waals surface area contributed by atoms with Crippen LogP contribution < -0.4 is 0 Å². The van der Waals surface area contributed by atoms with Crippen LogP contribution >= 0.6 is 34.4 Å². The predicted molar refractivity (Wildman–Crippen MR) is 175 cm³/mol. The van der Waals surface area contributed by atoms with E-state index in [9.17, 15) is 0 Å². The molecule has 0 bridgehead atoms. The van der Waals surface area contributed by atoms with Gasteiger partial charge < -0.3 is 0 Å². The van der Waals surface area contributed by atoms with E-state index in [0.29, 0.717) is 5.25 Å². The molecule has 0 saturated carbocycles. The topological polar surface area (TPSA) is 12.9 Å². The maximum absolute atomic E-state index is 4.92. The van der Waals surface area contributed by atoms with E-state index >= 15 is 0 Å². The number of nitrogens with zero attached hydrogens (tertiary/aromatic N) is 1. The van der Waals surface area contributed by atoms with Crippen LogP contribution in [0.15, 0.2) is 58.9 Å². The standard InChI is InChI=1S/C35H39NS3/c1-33(2,3)25-11-10-12-26-22(25)17-28(38-26)20-13-14-27-23(30(20)34(4,5)6)18-29(39-27)24-19-36-32-21(15-16-37-32)31(24)35(7,8)9/h10-17,19,29H,18H2,1-9H3. The molecular formula is C35H39NS3. The van der Waals surface area contributed by atoms with E-state index in [1.807, 2.05) is 23.1 Å². The number of pyridine rings is 1. The van der Waals surface area contributed by atoms with Crippen LogP contribution in [0.5, 0.6) is 0 Å². The molecule has 0 saturated heterocycles. The summed E-state index contributed by atoms with van der Waals surface area (Å²) in [6.07, 6.45) is 3.24. The monoisotopic (exact) mass is 569 g/mol. The summed E-state index contributed by atoms with van der Waals surface area (Å²) in [5.74, 6) is 0. The fourth-order valence-corrected chi connectivity index (χ4v) is 9.63. The van der Waals surface area contributed by atoms with Gasteiger partial charge in [0.1, 0.15) is 4.83 Å². The van der Waals surface area contributed by atoms with Crippen molar-refractivity contribution in [1.82, 2.24) is 4.98 Å². The van der Waals surface area contributed by atoms with Gasteiger partial charge in [-0.25, -0.2) is 4.98 Å². The van der Waals surface area contributed by atoms with E-state index < -0.39 is 0 Å². The second-order valence-corrected chi connectivity index (χ2v) is 17.3. The Labute approximate surface area is 246 Å². The lowest BCUT2D eigenvalue weighted by atomic mass is 9.77. The van der Waals surface area contributed by atoms with Gasteiger partial charge in [0.15, 0.2) is 0 Å². The Morgan fingerprint density at radius 3 is 2.23 bits per heavy atom. The Hall–Kier alpha value is -2.14. The van der Waals surface area contributed by atoms with Gasteiger partial charge >= 0.3 is 0 Å². The molecule has 0 N–H and O–H groups in total. The molecule has 1 unspecified atom stereocenters. The van der Waals surface area contributed by atoms with Crippen LogP contribution in [0.3, 0.4) is 0 Å². The number of thioether (sulfide) groups is 1. The van der Waals surface area contributed by atoms with Gasteiger partial charge in [-0.05, 0) is 91.1 Å². The Balaban J connectivity index is 1.49. The molecule has 4 heteroatoms. The zero-order chi connectivity index (χ0) is 27.9. The maximum atomic E-state index is 4.92. The fourth-order valence-electron chi connectivity index (χ4n) is 6.43. The van der Waals surface area contributed by atoms with Gasteiger partial charge in [0.05, 0.1) is 0 Å². The van der Waals surface area contributed by atoms with Crippen molar-refractivity contribution in [2.24, 2.45) is 0 Å². The first-order valence-electron chi connectivity index (χ1n) is 14.0. The summed E-state index contributed by atoms with van der Waals surface area (Å²) < 4.78 is 1.38. The highest BCUT2D eigenvalue weighted by Gasteiger charge is 2.35. The van der Waals surface area contributed by atoms with E-state index in [0.717, 1.165) is 11.3 Å². The van der Waals surface area contributed by atoms with Gasteiger partial charge in [-0.1, -0.05) is 80.5 Å². The van der Waals surface area contributed by atoms with Crippen molar-refractivity contribution in [3.8, 4) is 10.4 Å². The molecule has 0 spiro atoms. The molecule has 1 nitrogen and oxygen atoms in total. The van der Waals surface area contributed by atoms with Crippen molar-refractivity contribution in [2.45, 2.75) is 95.1 Å².